The molecule has 0 amide bonds. The van der Waals surface area contributed by atoms with Gasteiger partial charge in [0.2, 0.25) is 0 Å². The second kappa shape index (κ2) is 5.19. The van der Waals surface area contributed by atoms with E-state index in [1.54, 1.807) is 13.0 Å². The third kappa shape index (κ3) is 2.87. The van der Waals surface area contributed by atoms with Gasteiger partial charge >= 0.3 is 0 Å². The Bertz CT molecular complexity index is 777. The van der Waals surface area contributed by atoms with E-state index in [0.29, 0.717) is 16.8 Å². The van der Waals surface area contributed by atoms with Crippen LogP contribution in [0.4, 0.5) is 11.5 Å². The lowest BCUT2D eigenvalue weighted by molar-refractivity contribution is 0.601. The van der Waals surface area contributed by atoms with Gasteiger partial charge in [0.25, 0.3) is 10.0 Å². The maximum atomic E-state index is 12.2. The third-order valence-corrected chi connectivity index (χ3v) is 4.01. The van der Waals surface area contributed by atoms with Gasteiger partial charge in [0.15, 0.2) is 0 Å². The number of nitrogens with two attached hydrogens (primary N) is 1. The summed E-state index contributed by atoms with van der Waals surface area (Å²) < 4.78 is 26.7. The van der Waals surface area contributed by atoms with Gasteiger partial charge in [-0.05, 0) is 42.8 Å². The number of hydrogen-bond donors (Lipinski definition) is 2. The van der Waals surface area contributed by atoms with Crippen LogP contribution < -0.4 is 10.5 Å². The minimum atomic E-state index is -3.74. The molecule has 2 aromatic rings. The molecule has 6 nitrogen and oxygen atoms in total. The fraction of sp³-hybridized carbons (Fsp3) is 0.0769. The highest BCUT2D eigenvalue weighted by Gasteiger charge is 2.15. The lowest BCUT2D eigenvalue weighted by Gasteiger charge is -2.08. The number of sulfonamides is 1. The predicted octanol–water partition coefficient (Wildman–Crippen LogP) is 1.64. The fourth-order valence-electron chi connectivity index (χ4n) is 1.59. The zero-order valence-electron chi connectivity index (χ0n) is 10.7. The van der Waals surface area contributed by atoms with Gasteiger partial charge in [0.05, 0.1) is 28.4 Å². The van der Waals surface area contributed by atoms with Gasteiger partial charge in [-0.2, -0.15) is 5.26 Å². The summed E-state index contributed by atoms with van der Waals surface area (Å²) in [5, 5.41) is 8.84. The van der Waals surface area contributed by atoms with Crippen LogP contribution in [0.1, 0.15) is 11.1 Å². The minimum Gasteiger partial charge on any atom is -0.397 e. The number of aromatic nitrogens is 1. The standard InChI is InChI=1S/C13H12N4O2S/c1-9-6-12(4-2-10(9)7-14)20(18,19)17-13-5-3-11(15)8-16-13/h2-6,8H,15H2,1H3,(H,16,17). The van der Waals surface area contributed by atoms with Crippen LogP contribution in [0, 0.1) is 18.3 Å². The molecule has 7 heteroatoms. The van der Waals surface area contributed by atoms with Gasteiger partial charge in [0.1, 0.15) is 5.82 Å². The van der Waals surface area contributed by atoms with Crippen molar-refractivity contribution in [1.29, 1.82) is 5.26 Å². The topological polar surface area (TPSA) is 109 Å². The average molecular weight is 288 g/mol. The number of nitriles is 1. The number of aryl methyl sites for hydroxylation is 1. The van der Waals surface area contributed by atoms with Crippen LogP contribution in [0.15, 0.2) is 41.4 Å². The Kier molecular flexibility index (Phi) is 3.59. The Morgan fingerprint density at radius 1 is 1.30 bits per heavy atom. The smallest absolute Gasteiger partial charge is 0.263 e. The van der Waals surface area contributed by atoms with Gasteiger partial charge in [0, 0.05) is 0 Å². The summed E-state index contributed by atoms with van der Waals surface area (Å²) in [5.41, 5.74) is 6.97. The average Bonchev–Trinajstić information content (AvgIpc) is 2.41. The van der Waals surface area contributed by atoms with Gasteiger partial charge in [-0.15, -0.1) is 0 Å². The number of anilines is 2. The van der Waals surface area contributed by atoms with Crippen molar-refractivity contribution in [3.8, 4) is 6.07 Å². The Hall–Kier alpha value is -2.59. The van der Waals surface area contributed by atoms with Crippen LogP contribution in [0.3, 0.4) is 0 Å². The van der Waals surface area contributed by atoms with Crippen molar-refractivity contribution in [2.45, 2.75) is 11.8 Å². The maximum Gasteiger partial charge on any atom is 0.263 e. The summed E-state index contributed by atoms with van der Waals surface area (Å²) >= 11 is 0. The van der Waals surface area contributed by atoms with Crippen molar-refractivity contribution in [2.24, 2.45) is 0 Å². The molecule has 0 saturated carbocycles. The number of hydrogen-bond acceptors (Lipinski definition) is 5. The summed E-state index contributed by atoms with van der Waals surface area (Å²) in [7, 11) is -3.74. The molecule has 0 aliphatic carbocycles. The fourth-order valence-corrected chi connectivity index (χ4v) is 2.68. The van der Waals surface area contributed by atoms with Gasteiger partial charge in [-0.1, -0.05) is 0 Å². The van der Waals surface area contributed by atoms with Crippen LogP contribution in [-0.4, -0.2) is 13.4 Å². The molecule has 1 heterocycles. The quantitative estimate of drug-likeness (QED) is 0.892. The highest BCUT2D eigenvalue weighted by atomic mass is 32.2. The summed E-state index contributed by atoms with van der Waals surface area (Å²) in [5.74, 6) is 0.182. The molecule has 20 heavy (non-hydrogen) atoms. The largest absolute Gasteiger partial charge is 0.397 e. The number of pyridine rings is 1. The van der Waals surface area contributed by atoms with Gasteiger partial charge in [-0.3, -0.25) is 4.72 Å². The van der Waals surface area contributed by atoms with E-state index in [2.05, 4.69) is 9.71 Å². The zero-order chi connectivity index (χ0) is 14.8. The molecular formula is C13H12N4O2S. The molecule has 0 saturated heterocycles. The molecule has 0 atom stereocenters. The van der Waals surface area contributed by atoms with Crippen molar-refractivity contribution in [2.75, 3.05) is 10.5 Å². The minimum absolute atomic E-state index is 0.0765. The maximum absolute atomic E-state index is 12.2. The molecular weight excluding hydrogens is 276 g/mol. The molecule has 0 bridgehead atoms. The first-order valence-electron chi connectivity index (χ1n) is 5.67. The van der Waals surface area contributed by atoms with Crippen molar-refractivity contribution >= 4 is 21.5 Å². The van der Waals surface area contributed by atoms with E-state index in [4.69, 9.17) is 11.0 Å². The van der Waals surface area contributed by atoms with E-state index < -0.39 is 10.0 Å². The van der Waals surface area contributed by atoms with E-state index in [-0.39, 0.29) is 10.7 Å². The highest BCUT2D eigenvalue weighted by Crippen LogP contribution is 2.18. The molecule has 1 aromatic carbocycles. The molecule has 1 aromatic heterocycles. The highest BCUT2D eigenvalue weighted by molar-refractivity contribution is 7.92. The molecule has 3 N–H and O–H groups in total. The lowest BCUT2D eigenvalue weighted by atomic mass is 10.1. The van der Waals surface area contributed by atoms with Crippen LogP contribution in [0.2, 0.25) is 0 Å². The molecule has 102 valence electrons. The first-order valence-corrected chi connectivity index (χ1v) is 7.16. The van der Waals surface area contributed by atoms with Crippen molar-refractivity contribution in [3.05, 3.63) is 47.7 Å². The Balaban J connectivity index is 2.33. The Labute approximate surface area is 116 Å². The van der Waals surface area contributed by atoms with Crippen LogP contribution in [0.5, 0.6) is 0 Å². The number of benzene rings is 1. The first-order chi connectivity index (χ1) is 9.42. The van der Waals surface area contributed by atoms with Crippen molar-refractivity contribution < 1.29 is 8.42 Å². The second-order valence-corrected chi connectivity index (χ2v) is 5.85. The second-order valence-electron chi connectivity index (χ2n) is 4.17. The van der Waals surface area contributed by atoms with E-state index in [0.717, 1.165) is 0 Å². The number of rotatable bonds is 3. The van der Waals surface area contributed by atoms with Gasteiger partial charge < -0.3 is 5.73 Å². The number of nitrogen functional groups attached to an aromatic ring is 1. The molecule has 2 rings (SSSR count). The van der Waals surface area contributed by atoms with Crippen molar-refractivity contribution in [1.82, 2.24) is 4.98 Å². The summed E-state index contributed by atoms with van der Waals surface area (Å²) in [6.45, 7) is 1.68. The van der Waals surface area contributed by atoms with Crippen LogP contribution >= 0.6 is 0 Å². The third-order valence-electron chi connectivity index (χ3n) is 2.65. The Morgan fingerprint density at radius 3 is 2.60 bits per heavy atom. The monoisotopic (exact) mass is 288 g/mol. The van der Waals surface area contributed by atoms with E-state index in [1.165, 1.54) is 30.5 Å². The molecule has 0 spiro atoms. The first kappa shape index (κ1) is 13.8. The number of nitrogens with one attached hydrogen (secondary N) is 1. The van der Waals surface area contributed by atoms with Gasteiger partial charge in [-0.25, -0.2) is 13.4 Å². The zero-order valence-corrected chi connectivity index (χ0v) is 11.5. The summed E-state index contributed by atoms with van der Waals surface area (Å²) in [4.78, 5) is 3.95. The normalized spacial score (nSPS) is 10.8. The van der Waals surface area contributed by atoms with Crippen molar-refractivity contribution in [3.63, 3.8) is 0 Å². The van der Waals surface area contributed by atoms with Crippen LogP contribution in [-0.2, 0) is 10.0 Å². The Morgan fingerprint density at radius 2 is 2.05 bits per heavy atom. The van der Waals surface area contributed by atoms with E-state index in [9.17, 15) is 8.42 Å². The van der Waals surface area contributed by atoms with Crippen LogP contribution in [0.25, 0.3) is 0 Å². The predicted molar refractivity (Wildman–Crippen MR) is 75.4 cm³/mol. The van der Waals surface area contributed by atoms with E-state index in [1.807, 2.05) is 6.07 Å². The summed E-state index contributed by atoms with van der Waals surface area (Å²) in [6.07, 6.45) is 1.36. The molecule has 0 fully saturated rings. The number of nitrogens with zero attached hydrogens (tertiary/aromatic N) is 2. The molecule has 0 aliphatic rings. The SMILES string of the molecule is Cc1cc(S(=O)(=O)Nc2ccc(N)cn2)ccc1C#N. The molecule has 0 radical (unpaired) electrons. The lowest BCUT2D eigenvalue weighted by Crippen LogP contribution is -2.14. The van der Waals surface area contributed by atoms with E-state index >= 15 is 0 Å². The molecule has 0 unspecified atom stereocenters. The summed E-state index contributed by atoms with van der Waals surface area (Å²) in [6, 6.07) is 9.31. The molecule has 0 aliphatic heterocycles.